The van der Waals surface area contributed by atoms with Crippen molar-refractivity contribution in [1.82, 2.24) is 5.32 Å². The Morgan fingerprint density at radius 1 is 1.73 bits per heavy atom. The van der Waals surface area contributed by atoms with Gasteiger partial charge in [-0.15, -0.1) is 0 Å². The van der Waals surface area contributed by atoms with Crippen LogP contribution in [0.4, 0.5) is 0 Å². The number of oxime groups is 1. The molecule has 88 valence electrons. The zero-order valence-corrected chi connectivity index (χ0v) is 9.44. The predicted molar refractivity (Wildman–Crippen MR) is 59.0 cm³/mol. The Morgan fingerprint density at radius 3 is 3.00 bits per heavy atom. The van der Waals surface area contributed by atoms with Crippen LogP contribution in [-0.2, 0) is 4.74 Å². The van der Waals surface area contributed by atoms with E-state index in [9.17, 15) is 0 Å². The van der Waals surface area contributed by atoms with Crippen LogP contribution in [0.15, 0.2) is 5.16 Å². The molecule has 5 heteroatoms. The van der Waals surface area contributed by atoms with Gasteiger partial charge in [0.25, 0.3) is 0 Å². The number of nitrogens with one attached hydrogen (secondary N) is 1. The summed E-state index contributed by atoms with van der Waals surface area (Å²) in [6.07, 6.45) is 1.46. The Balaban J connectivity index is 2.15. The zero-order valence-electron chi connectivity index (χ0n) is 9.44. The SMILES string of the molecule is CC(CNCC1CCOC1C)C(N)=NO. The molecular weight excluding hydrogens is 194 g/mol. The fraction of sp³-hybridized carbons (Fsp3) is 0.900. The standard InChI is InChI=1S/C10H21N3O2/c1-7(10(11)13-14)5-12-6-9-3-4-15-8(9)2/h7-9,12,14H,3-6H2,1-2H3,(H2,11,13). The summed E-state index contributed by atoms with van der Waals surface area (Å²) in [4.78, 5) is 0. The Bertz CT molecular complexity index is 221. The van der Waals surface area contributed by atoms with Gasteiger partial charge in [0, 0.05) is 25.6 Å². The molecule has 0 saturated carbocycles. The van der Waals surface area contributed by atoms with Crippen molar-refractivity contribution >= 4 is 5.84 Å². The molecule has 0 amide bonds. The van der Waals surface area contributed by atoms with E-state index in [1.54, 1.807) is 0 Å². The highest BCUT2D eigenvalue weighted by atomic mass is 16.5. The minimum atomic E-state index is 0.0626. The molecule has 0 radical (unpaired) electrons. The molecule has 0 bridgehead atoms. The van der Waals surface area contributed by atoms with Gasteiger partial charge in [-0.05, 0) is 19.3 Å². The molecule has 1 heterocycles. The minimum Gasteiger partial charge on any atom is -0.409 e. The first-order valence-electron chi connectivity index (χ1n) is 5.45. The van der Waals surface area contributed by atoms with Gasteiger partial charge in [0.1, 0.15) is 5.84 Å². The van der Waals surface area contributed by atoms with Gasteiger partial charge in [-0.1, -0.05) is 12.1 Å². The van der Waals surface area contributed by atoms with Crippen LogP contribution >= 0.6 is 0 Å². The van der Waals surface area contributed by atoms with Crippen LogP contribution in [0, 0.1) is 11.8 Å². The number of amidine groups is 1. The van der Waals surface area contributed by atoms with Crippen molar-refractivity contribution in [2.45, 2.75) is 26.4 Å². The maximum Gasteiger partial charge on any atom is 0.143 e. The van der Waals surface area contributed by atoms with Crippen molar-refractivity contribution in [2.24, 2.45) is 22.7 Å². The van der Waals surface area contributed by atoms with E-state index in [1.165, 1.54) is 0 Å². The Morgan fingerprint density at radius 2 is 2.47 bits per heavy atom. The third-order valence-corrected chi connectivity index (χ3v) is 3.01. The van der Waals surface area contributed by atoms with Crippen molar-refractivity contribution in [3.05, 3.63) is 0 Å². The maximum absolute atomic E-state index is 8.47. The van der Waals surface area contributed by atoms with Crippen molar-refractivity contribution in [3.8, 4) is 0 Å². The molecule has 1 saturated heterocycles. The Labute approximate surface area is 90.7 Å². The molecular formula is C10H21N3O2. The quantitative estimate of drug-likeness (QED) is 0.268. The van der Waals surface area contributed by atoms with E-state index in [4.69, 9.17) is 15.7 Å². The largest absolute Gasteiger partial charge is 0.409 e. The molecule has 1 rings (SSSR count). The lowest BCUT2D eigenvalue weighted by Crippen LogP contribution is -2.35. The van der Waals surface area contributed by atoms with E-state index in [1.807, 2.05) is 6.92 Å². The molecule has 1 aliphatic rings. The van der Waals surface area contributed by atoms with Crippen molar-refractivity contribution in [2.75, 3.05) is 19.7 Å². The van der Waals surface area contributed by atoms with Gasteiger partial charge in [-0.3, -0.25) is 0 Å². The van der Waals surface area contributed by atoms with Gasteiger partial charge in [-0.2, -0.15) is 0 Å². The molecule has 3 atom stereocenters. The molecule has 0 spiro atoms. The second-order valence-corrected chi connectivity index (χ2v) is 4.21. The van der Waals surface area contributed by atoms with Crippen LogP contribution in [0.2, 0.25) is 0 Å². The summed E-state index contributed by atoms with van der Waals surface area (Å²) in [6, 6.07) is 0. The summed E-state index contributed by atoms with van der Waals surface area (Å²) in [6.45, 7) is 6.57. The van der Waals surface area contributed by atoms with Gasteiger partial charge < -0.3 is 21.0 Å². The Hall–Kier alpha value is -0.810. The number of nitrogens with two attached hydrogens (primary N) is 1. The monoisotopic (exact) mass is 215 g/mol. The molecule has 0 aromatic heterocycles. The lowest BCUT2D eigenvalue weighted by Gasteiger charge is -2.16. The Kier molecular flexibility index (Phi) is 4.84. The van der Waals surface area contributed by atoms with E-state index in [0.29, 0.717) is 12.0 Å². The van der Waals surface area contributed by atoms with Crippen LogP contribution in [-0.4, -0.2) is 36.8 Å². The lowest BCUT2D eigenvalue weighted by atomic mass is 10.0. The highest BCUT2D eigenvalue weighted by molar-refractivity contribution is 5.82. The molecule has 15 heavy (non-hydrogen) atoms. The van der Waals surface area contributed by atoms with Crippen molar-refractivity contribution in [1.29, 1.82) is 0 Å². The van der Waals surface area contributed by atoms with Crippen LogP contribution in [0.3, 0.4) is 0 Å². The predicted octanol–water partition coefficient (Wildman–Crippen LogP) is 0.384. The van der Waals surface area contributed by atoms with E-state index in [2.05, 4.69) is 17.4 Å². The summed E-state index contributed by atoms with van der Waals surface area (Å²) in [7, 11) is 0. The number of rotatable bonds is 5. The highest BCUT2D eigenvalue weighted by Crippen LogP contribution is 2.19. The minimum absolute atomic E-state index is 0.0626. The third-order valence-electron chi connectivity index (χ3n) is 3.01. The molecule has 0 aromatic rings. The number of nitrogens with zero attached hydrogens (tertiary/aromatic N) is 1. The summed E-state index contributed by atoms with van der Waals surface area (Å²) in [5.41, 5.74) is 5.47. The fourth-order valence-electron chi connectivity index (χ4n) is 1.73. The normalized spacial score (nSPS) is 29.3. The van der Waals surface area contributed by atoms with Gasteiger partial charge in [0.05, 0.1) is 6.10 Å². The van der Waals surface area contributed by atoms with Crippen LogP contribution in [0.5, 0.6) is 0 Å². The maximum atomic E-state index is 8.47. The van der Waals surface area contributed by atoms with E-state index in [0.717, 1.165) is 26.1 Å². The first-order chi connectivity index (χ1) is 7.15. The molecule has 1 fully saturated rings. The van der Waals surface area contributed by atoms with Crippen LogP contribution < -0.4 is 11.1 Å². The number of hydrogen-bond donors (Lipinski definition) is 3. The van der Waals surface area contributed by atoms with Gasteiger partial charge in [0.15, 0.2) is 0 Å². The molecule has 3 unspecified atom stereocenters. The zero-order chi connectivity index (χ0) is 11.3. The smallest absolute Gasteiger partial charge is 0.143 e. The molecule has 4 N–H and O–H groups in total. The highest BCUT2D eigenvalue weighted by Gasteiger charge is 2.23. The topological polar surface area (TPSA) is 79.9 Å². The van der Waals surface area contributed by atoms with Crippen LogP contribution in [0.25, 0.3) is 0 Å². The van der Waals surface area contributed by atoms with Crippen molar-refractivity contribution < 1.29 is 9.94 Å². The first-order valence-corrected chi connectivity index (χ1v) is 5.45. The van der Waals surface area contributed by atoms with E-state index < -0.39 is 0 Å². The molecule has 1 aliphatic heterocycles. The molecule has 0 aromatic carbocycles. The molecule has 0 aliphatic carbocycles. The van der Waals surface area contributed by atoms with Crippen molar-refractivity contribution in [3.63, 3.8) is 0 Å². The van der Waals surface area contributed by atoms with Gasteiger partial charge >= 0.3 is 0 Å². The summed E-state index contributed by atoms with van der Waals surface area (Å²) in [5, 5.41) is 14.8. The average Bonchev–Trinajstić information content (AvgIpc) is 2.63. The average molecular weight is 215 g/mol. The summed E-state index contributed by atoms with van der Waals surface area (Å²) >= 11 is 0. The molecule has 5 nitrogen and oxygen atoms in total. The van der Waals surface area contributed by atoms with E-state index >= 15 is 0 Å². The second-order valence-electron chi connectivity index (χ2n) is 4.21. The number of hydrogen-bond acceptors (Lipinski definition) is 4. The summed E-state index contributed by atoms with van der Waals surface area (Å²) in [5.74, 6) is 0.926. The van der Waals surface area contributed by atoms with E-state index in [-0.39, 0.29) is 11.8 Å². The fourth-order valence-corrected chi connectivity index (χ4v) is 1.73. The van der Waals surface area contributed by atoms with Gasteiger partial charge in [-0.25, -0.2) is 0 Å². The second kappa shape index (κ2) is 5.92. The lowest BCUT2D eigenvalue weighted by molar-refractivity contribution is 0.105. The summed E-state index contributed by atoms with van der Waals surface area (Å²) < 4.78 is 5.46. The van der Waals surface area contributed by atoms with Gasteiger partial charge in [0.2, 0.25) is 0 Å². The first kappa shape index (κ1) is 12.3. The third kappa shape index (κ3) is 3.68. The number of ether oxygens (including phenoxy) is 1. The van der Waals surface area contributed by atoms with Crippen LogP contribution in [0.1, 0.15) is 20.3 Å².